The number of phenols is 1. The molecule has 2 aromatic carbocycles. The van der Waals surface area contributed by atoms with Crippen LogP contribution in [0.5, 0.6) is 5.75 Å². The second-order valence-electron chi connectivity index (χ2n) is 6.46. The summed E-state index contributed by atoms with van der Waals surface area (Å²) in [5, 5.41) is 22.1. The van der Waals surface area contributed by atoms with E-state index in [0.29, 0.717) is 16.8 Å². The molecule has 5 heteroatoms. The molecule has 0 bridgehead atoms. The van der Waals surface area contributed by atoms with Crippen molar-refractivity contribution < 1.29 is 9.90 Å². The first kappa shape index (κ1) is 15.9. The van der Waals surface area contributed by atoms with Gasteiger partial charge in [0.05, 0.1) is 22.9 Å². The van der Waals surface area contributed by atoms with Gasteiger partial charge in [-0.2, -0.15) is 5.26 Å². The number of carbonyl (C=O) groups excluding carboxylic acids is 1. The van der Waals surface area contributed by atoms with Crippen molar-refractivity contribution in [2.24, 2.45) is 5.92 Å². The van der Waals surface area contributed by atoms with Crippen LogP contribution < -0.4 is 10.2 Å². The Kier molecular flexibility index (Phi) is 3.69. The molecule has 0 aliphatic carbocycles. The van der Waals surface area contributed by atoms with E-state index in [2.05, 4.69) is 11.4 Å². The predicted molar refractivity (Wildman–Crippen MR) is 92.9 cm³/mol. The Hall–Kier alpha value is -3.00. The molecule has 0 radical (unpaired) electrons. The van der Waals surface area contributed by atoms with Crippen LogP contribution in [0.1, 0.15) is 36.7 Å². The number of benzene rings is 2. The van der Waals surface area contributed by atoms with Gasteiger partial charge in [0.25, 0.3) is 5.91 Å². The summed E-state index contributed by atoms with van der Waals surface area (Å²) in [5.41, 5.74) is 1.75. The maximum absolute atomic E-state index is 13.1. The number of amides is 1. The van der Waals surface area contributed by atoms with Crippen LogP contribution in [0, 0.1) is 17.2 Å². The van der Waals surface area contributed by atoms with Crippen LogP contribution in [0.4, 0.5) is 11.4 Å². The number of phenolic OH excluding ortho intramolecular Hbond substituents is 1. The van der Waals surface area contributed by atoms with Crippen molar-refractivity contribution in [2.45, 2.75) is 26.4 Å². The predicted octanol–water partition coefficient (Wildman–Crippen LogP) is 3.71. The van der Waals surface area contributed by atoms with Gasteiger partial charge in [0.1, 0.15) is 11.4 Å². The van der Waals surface area contributed by atoms with Gasteiger partial charge in [0, 0.05) is 11.8 Å². The molecule has 1 atom stereocenters. The topological polar surface area (TPSA) is 76.4 Å². The zero-order valence-corrected chi connectivity index (χ0v) is 13.9. The highest BCUT2D eigenvalue weighted by molar-refractivity contribution is 6.13. The standard InChI is InChI=1S/C19H19N3O2/c1-12(2)19(3)21-17-10-15(23)8-9-16(17)18(24)22(19)14-6-4-13(11-20)5-7-14/h4-10,12,21,23H,1-3H3. The Balaban J connectivity index is 2.16. The summed E-state index contributed by atoms with van der Waals surface area (Å²) in [5.74, 6) is 0.0872. The maximum atomic E-state index is 13.1. The molecule has 1 aliphatic rings. The highest BCUT2D eigenvalue weighted by atomic mass is 16.3. The van der Waals surface area contributed by atoms with Crippen LogP contribution in [0.3, 0.4) is 0 Å². The Morgan fingerprint density at radius 2 is 1.88 bits per heavy atom. The minimum atomic E-state index is -0.661. The molecule has 2 aromatic rings. The van der Waals surface area contributed by atoms with E-state index in [4.69, 9.17) is 5.26 Å². The Morgan fingerprint density at radius 3 is 2.46 bits per heavy atom. The molecule has 122 valence electrons. The Bertz CT molecular complexity index is 837. The van der Waals surface area contributed by atoms with Gasteiger partial charge >= 0.3 is 0 Å². The summed E-state index contributed by atoms with van der Waals surface area (Å²) in [6.07, 6.45) is 0. The first-order chi connectivity index (χ1) is 11.4. The molecule has 5 nitrogen and oxygen atoms in total. The van der Waals surface area contributed by atoms with Crippen LogP contribution in [-0.2, 0) is 0 Å². The normalized spacial score (nSPS) is 19.6. The quantitative estimate of drug-likeness (QED) is 0.884. The summed E-state index contributed by atoms with van der Waals surface area (Å²) in [6.45, 7) is 6.02. The summed E-state index contributed by atoms with van der Waals surface area (Å²) >= 11 is 0. The van der Waals surface area contributed by atoms with Gasteiger partial charge in [0.15, 0.2) is 0 Å². The van der Waals surface area contributed by atoms with Crippen LogP contribution >= 0.6 is 0 Å². The molecule has 0 spiro atoms. The average Bonchev–Trinajstić information content (AvgIpc) is 2.55. The van der Waals surface area contributed by atoms with Crippen LogP contribution in [0.25, 0.3) is 0 Å². The third kappa shape index (κ3) is 2.37. The molecule has 3 rings (SSSR count). The van der Waals surface area contributed by atoms with Gasteiger partial charge < -0.3 is 10.4 Å². The van der Waals surface area contributed by atoms with Crippen LogP contribution in [0.15, 0.2) is 42.5 Å². The van der Waals surface area contributed by atoms with Crippen molar-refractivity contribution in [1.82, 2.24) is 0 Å². The van der Waals surface area contributed by atoms with Gasteiger partial charge in [-0.25, -0.2) is 0 Å². The fourth-order valence-corrected chi connectivity index (χ4v) is 2.96. The lowest BCUT2D eigenvalue weighted by molar-refractivity contribution is 0.0943. The second kappa shape index (κ2) is 5.57. The Morgan fingerprint density at radius 1 is 1.21 bits per heavy atom. The molecule has 1 unspecified atom stereocenters. The lowest BCUT2D eigenvalue weighted by Gasteiger charge is -2.49. The number of anilines is 2. The fraction of sp³-hybridized carbons (Fsp3) is 0.263. The molecular weight excluding hydrogens is 302 g/mol. The lowest BCUT2D eigenvalue weighted by Crippen LogP contribution is -2.61. The summed E-state index contributed by atoms with van der Waals surface area (Å²) < 4.78 is 0. The van der Waals surface area contributed by atoms with Crippen molar-refractivity contribution >= 4 is 17.3 Å². The first-order valence-corrected chi connectivity index (χ1v) is 7.82. The van der Waals surface area contributed by atoms with Crippen LogP contribution in [0.2, 0.25) is 0 Å². The van der Waals surface area contributed by atoms with E-state index in [1.165, 1.54) is 6.07 Å². The summed E-state index contributed by atoms with van der Waals surface area (Å²) in [6, 6.07) is 13.8. The van der Waals surface area contributed by atoms with E-state index < -0.39 is 5.66 Å². The SMILES string of the molecule is CC(C)C1(C)Nc2cc(O)ccc2C(=O)N1c1ccc(C#N)cc1. The number of nitriles is 1. The van der Waals surface area contributed by atoms with Crippen LogP contribution in [-0.4, -0.2) is 16.7 Å². The summed E-state index contributed by atoms with van der Waals surface area (Å²) in [4.78, 5) is 14.9. The molecule has 1 aliphatic heterocycles. The van der Waals surface area contributed by atoms with Crippen molar-refractivity contribution in [3.8, 4) is 11.8 Å². The number of hydrogen-bond donors (Lipinski definition) is 2. The van der Waals surface area contributed by atoms with Gasteiger partial charge in [-0.15, -0.1) is 0 Å². The fourth-order valence-electron chi connectivity index (χ4n) is 2.96. The van der Waals surface area contributed by atoms with Gasteiger partial charge in [0.2, 0.25) is 0 Å². The monoisotopic (exact) mass is 321 g/mol. The molecule has 1 amide bonds. The van der Waals surface area contributed by atoms with Gasteiger partial charge in [-0.1, -0.05) is 13.8 Å². The lowest BCUT2D eigenvalue weighted by atomic mass is 9.90. The molecule has 0 saturated heterocycles. The van der Waals surface area contributed by atoms with Crippen molar-refractivity contribution in [3.63, 3.8) is 0 Å². The van der Waals surface area contributed by atoms with Gasteiger partial charge in [-0.05, 0) is 49.2 Å². The van der Waals surface area contributed by atoms with E-state index in [0.717, 1.165) is 5.69 Å². The third-order valence-corrected chi connectivity index (χ3v) is 4.67. The molecule has 1 heterocycles. The average molecular weight is 321 g/mol. The van der Waals surface area contributed by atoms with Crippen molar-refractivity contribution in [3.05, 3.63) is 53.6 Å². The smallest absolute Gasteiger partial charge is 0.262 e. The highest BCUT2D eigenvalue weighted by Crippen LogP contribution is 2.39. The van der Waals surface area contributed by atoms with E-state index >= 15 is 0 Å². The number of nitrogens with zero attached hydrogens (tertiary/aromatic N) is 2. The zero-order chi connectivity index (χ0) is 17.5. The van der Waals surface area contributed by atoms with Crippen molar-refractivity contribution in [1.29, 1.82) is 5.26 Å². The minimum Gasteiger partial charge on any atom is -0.508 e. The molecular formula is C19H19N3O2. The largest absolute Gasteiger partial charge is 0.508 e. The molecule has 24 heavy (non-hydrogen) atoms. The molecule has 0 saturated carbocycles. The Labute approximate surface area is 141 Å². The number of hydrogen-bond acceptors (Lipinski definition) is 4. The zero-order valence-electron chi connectivity index (χ0n) is 13.9. The highest BCUT2D eigenvalue weighted by Gasteiger charge is 2.44. The van der Waals surface area contributed by atoms with E-state index in [1.54, 1.807) is 41.3 Å². The molecule has 0 fully saturated rings. The van der Waals surface area contributed by atoms with E-state index in [-0.39, 0.29) is 17.6 Å². The minimum absolute atomic E-state index is 0.104. The number of fused-ring (bicyclic) bond motifs is 1. The number of carbonyl (C=O) groups is 1. The van der Waals surface area contributed by atoms with E-state index in [9.17, 15) is 9.90 Å². The first-order valence-electron chi connectivity index (χ1n) is 7.82. The maximum Gasteiger partial charge on any atom is 0.262 e. The van der Waals surface area contributed by atoms with E-state index in [1.807, 2.05) is 20.8 Å². The second-order valence-corrected chi connectivity index (χ2v) is 6.46. The molecule has 0 aromatic heterocycles. The number of aromatic hydroxyl groups is 1. The number of rotatable bonds is 2. The number of nitrogens with one attached hydrogen (secondary N) is 1. The molecule has 2 N–H and O–H groups in total. The van der Waals surface area contributed by atoms with Gasteiger partial charge in [-0.3, -0.25) is 9.69 Å². The summed E-state index contributed by atoms with van der Waals surface area (Å²) in [7, 11) is 0. The van der Waals surface area contributed by atoms with Crippen molar-refractivity contribution in [2.75, 3.05) is 10.2 Å². The third-order valence-electron chi connectivity index (χ3n) is 4.67.